The van der Waals surface area contributed by atoms with Gasteiger partial charge in [-0.25, -0.2) is 0 Å². The molecule has 0 spiro atoms. The SMILES string of the molecule is CC1c2ccsc2CCN1C(=O)[C@H]1[C@@H](C(=O)O)C1(C)C. The van der Waals surface area contributed by atoms with E-state index in [0.717, 1.165) is 6.42 Å². The van der Waals surface area contributed by atoms with Gasteiger partial charge >= 0.3 is 5.97 Å². The fraction of sp³-hybridized carbons (Fsp3) is 0.600. The van der Waals surface area contributed by atoms with Crippen LogP contribution in [0.4, 0.5) is 0 Å². The van der Waals surface area contributed by atoms with Crippen LogP contribution in [0.25, 0.3) is 0 Å². The molecule has 2 aliphatic rings. The first kappa shape index (κ1) is 13.6. The van der Waals surface area contributed by atoms with Crippen LogP contribution in [0, 0.1) is 17.3 Å². The molecule has 4 nitrogen and oxygen atoms in total. The lowest BCUT2D eigenvalue weighted by molar-refractivity contribution is -0.142. The van der Waals surface area contributed by atoms with Gasteiger partial charge in [0.15, 0.2) is 0 Å². The molecule has 1 unspecified atom stereocenters. The summed E-state index contributed by atoms with van der Waals surface area (Å²) in [4.78, 5) is 27.2. The van der Waals surface area contributed by atoms with Crippen LogP contribution in [0.2, 0.25) is 0 Å². The number of carboxylic acids is 1. The summed E-state index contributed by atoms with van der Waals surface area (Å²) in [5.41, 5.74) is 0.803. The minimum Gasteiger partial charge on any atom is -0.481 e. The maximum Gasteiger partial charge on any atom is 0.307 e. The largest absolute Gasteiger partial charge is 0.481 e. The first-order chi connectivity index (χ1) is 9.35. The molecule has 1 amide bonds. The number of rotatable bonds is 2. The van der Waals surface area contributed by atoms with E-state index >= 15 is 0 Å². The number of thiophene rings is 1. The third-order valence-corrected chi connectivity index (χ3v) is 5.92. The van der Waals surface area contributed by atoms with Crippen molar-refractivity contribution in [2.75, 3.05) is 6.54 Å². The molecule has 1 aliphatic carbocycles. The lowest BCUT2D eigenvalue weighted by atomic mass is 10.00. The minimum absolute atomic E-state index is 0.00625. The van der Waals surface area contributed by atoms with Gasteiger partial charge in [-0.3, -0.25) is 9.59 Å². The summed E-state index contributed by atoms with van der Waals surface area (Å²) in [6, 6.07) is 2.14. The molecule has 2 heterocycles. The van der Waals surface area contributed by atoms with E-state index in [1.807, 2.05) is 25.7 Å². The maximum absolute atomic E-state index is 12.7. The summed E-state index contributed by atoms with van der Waals surface area (Å²) in [5.74, 6) is -1.75. The molecule has 108 valence electrons. The monoisotopic (exact) mass is 293 g/mol. The first-order valence-corrected chi connectivity index (χ1v) is 7.83. The van der Waals surface area contributed by atoms with Gasteiger partial charge in [-0.05, 0) is 35.8 Å². The molecule has 3 rings (SSSR count). The summed E-state index contributed by atoms with van der Waals surface area (Å²) >= 11 is 1.74. The maximum atomic E-state index is 12.7. The fourth-order valence-corrected chi connectivity index (χ4v) is 4.51. The Balaban J connectivity index is 1.82. The second-order valence-corrected chi connectivity index (χ2v) is 7.37. The summed E-state index contributed by atoms with van der Waals surface area (Å²) in [6.07, 6.45) is 0.883. The summed E-state index contributed by atoms with van der Waals surface area (Å²) in [5, 5.41) is 11.3. The van der Waals surface area contributed by atoms with Gasteiger partial charge in [0.1, 0.15) is 0 Å². The van der Waals surface area contributed by atoms with E-state index in [9.17, 15) is 14.7 Å². The number of hydrogen-bond donors (Lipinski definition) is 1. The van der Waals surface area contributed by atoms with Crippen LogP contribution in [0.3, 0.4) is 0 Å². The minimum atomic E-state index is -0.853. The molecule has 20 heavy (non-hydrogen) atoms. The van der Waals surface area contributed by atoms with Crippen LogP contribution in [0.5, 0.6) is 0 Å². The van der Waals surface area contributed by atoms with Crippen LogP contribution in [0.1, 0.15) is 37.3 Å². The molecule has 1 fully saturated rings. The van der Waals surface area contributed by atoms with Crippen molar-refractivity contribution in [3.05, 3.63) is 21.9 Å². The van der Waals surface area contributed by atoms with Crippen LogP contribution < -0.4 is 0 Å². The molecule has 1 aromatic heterocycles. The lowest BCUT2D eigenvalue weighted by Crippen LogP contribution is -2.40. The average Bonchev–Trinajstić information content (AvgIpc) is 2.73. The molecular formula is C15H19NO3S. The number of hydrogen-bond acceptors (Lipinski definition) is 3. The lowest BCUT2D eigenvalue weighted by Gasteiger charge is -2.34. The number of nitrogens with zero attached hydrogens (tertiary/aromatic N) is 1. The number of carboxylic acid groups (broad SMARTS) is 1. The van der Waals surface area contributed by atoms with Crippen molar-refractivity contribution in [3.63, 3.8) is 0 Å². The molecule has 0 radical (unpaired) electrons. The van der Waals surface area contributed by atoms with Gasteiger partial charge in [-0.15, -0.1) is 11.3 Å². The quantitative estimate of drug-likeness (QED) is 0.911. The van der Waals surface area contributed by atoms with Crippen molar-refractivity contribution in [2.24, 2.45) is 17.3 Å². The topological polar surface area (TPSA) is 57.6 Å². The van der Waals surface area contributed by atoms with Crippen LogP contribution in [0.15, 0.2) is 11.4 Å². The number of fused-ring (bicyclic) bond motifs is 1. The molecule has 1 aliphatic heterocycles. The van der Waals surface area contributed by atoms with Crippen molar-refractivity contribution in [2.45, 2.75) is 33.2 Å². The third kappa shape index (κ3) is 1.79. The van der Waals surface area contributed by atoms with Crippen molar-refractivity contribution in [1.82, 2.24) is 4.90 Å². The molecule has 0 bridgehead atoms. The molecule has 0 aromatic carbocycles. The fourth-order valence-electron chi connectivity index (χ4n) is 3.55. The van der Waals surface area contributed by atoms with Gasteiger partial charge in [0.25, 0.3) is 0 Å². The standard InChI is InChI=1S/C15H19NO3S/c1-8-9-5-7-20-10(9)4-6-16(8)13(17)11-12(14(18)19)15(11,2)3/h5,7-8,11-12H,4,6H2,1-3H3,(H,18,19)/t8?,11-,12+/m1/s1. The van der Waals surface area contributed by atoms with E-state index in [2.05, 4.69) is 11.4 Å². The van der Waals surface area contributed by atoms with Crippen LogP contribution in [-0.2, 0) is 16.0 Å². The molecule has 1 N–H and O–H groups in total. The van der Waals surface area contributed by atoms with Crippen molar-refractivity contribution in [1.29, 1.82) is 0 Å². The third-order valence-electron chi connectivity index (χ3n) is 4.92. The molecule has 5 heteroatoms. The zero-order valence-corrected chi connectivity index (χ0v) is 12.7. The molecule has 0 saturated heterocycles. The molecule has 3 atom stereocenters. The molecule has 1 saturated carbocycles. The highest BCUT2D eigenvalue weighted by atomic mass is 32.1. The zero-order chi connectivity index (χ0) is 14.7. The van der Waals surface area contributed by atoms with E-state index in [1.165, 1.54) is 10.4 Å². The summed E-state index contributed by atoms with van der Waals surface area (Å²) < 4.78 is 0. The molecular weight excluding hydrogens is 274 g/mol. The number of aliphatic carboxylic acids is 1. The average molecular weight is 293 g/mol. The first-order valence-electron chi connectivity index (χ1n) is 6.95. The van der Waals surface area contributed by atoms with Gasteiger partial charge < -0.3 is 10.0 Å². The predicted molar refractivity (Wildman–Crippen MR) is 76.5 cm³/mol. The Hall–Kier alpha value is -1.36. The van der Waals surface area contributed by atoms with Crippen molar-refractivity contribution in [3.8, 4) is 0 Å². The van der Waals surface area contributed by atoms with E-state index in [0.29, 0.717) is 6.54 Å². The van der Waals surface area contributed by atoms with Gasteiger partial charge in [0.05, 0.1) is 17.9 Å². The Bertz CT molecular complexity index is 577. The van der Waals surface area contributed by atoms with Crippen LogP contribution in [-0.4, -0.2) is 28.4 Å². The number of amides is 1. The van der Waals surface area contributed by atoms with E-state index in [-0.39, 0.29) is 17.9 Å². The van der Waals surface area contributed by atoms with Gasteiger partial charge in [-0.1, -0.05) is 13.8 Å². The zero-order valence-electron chi connectivity index (χ0n) is 11.9. The van der Waals surface area contributed by atoms with E-state index < -0.39 is 17.3 Å². The Morgan fingerprint density at radius 3 is 2.70 bits per heavy atom. The van der Waals surface area contributed by atoms with Gasteiger partial charge in [0.2, 0.25) is 5.91 Å². The van der Waals surface area contributed by atoms with E-state index in [1.54, 1.807) is 11.3 Å². The Morgan fingerprint density at radius 2 is 2.10 bits per heavy atom. The highest BCUT2D eigenvalue weighted by Gasteiger charge is 2.66. The van der Waals surface area contributed by atoms with Crippen molar-refractivity contribution >= 4 is 23.2 Å². The smallest absolute Gasteiger partial charge is 0.307 e. The number of carbonyl (C=O) groups is 2. The highest BCUT2D eigenvalue weighted by Crippen LogP contribution is 2.59. The normalized spacial score (nSPS) is 30.8. The second-order valence-electron chi connectivity index (χ2n) is 6.37. The Labute approximate surface area is 122 Å². The highest BCUT2D eigenvalue weighted by molar-refractivity contribution is 7.10. The Kier molecular flexibility index (Phi) is 2.94. The van der Waals surface area contributed by atoms with Gasteiger partial charge in [0, 0.05) is 11.4 Å². The molecule has 1 aromatic rings. The summed E-state index contributed by atoms with van der Waals surface area (Å²) in [6.45, 7) is 6.48. The number of carbonyl (C=O) groups excluding carboxylic acids is 1. The van der Waals surface area contributed by atoms with Gasteiger partial charge in [-0.2, -0.15) is 0 Å². The van der Waals surface area contributed by atoms with E-state index in [4.69, 9.17) is 0 Å². The van der Waals surface area contributed by atoms with Crippen molar-refractivity contribution < 1.29 is 14.7 Å². The van der Waals surface area contributed by atoms with Crippen LogP contribution >= 0.6 is 11.3 Å². The summed E-state index contributed by atoms with van der Waals surface area (Å²) in [7, 11) is 0. The Morgan fingerprint density at radius 1 is 1.40 bits per heavy atom. The predicted octanol–water partition coefficient (Wildman–Crippen LogP) is 2.55. The second kappa shape index (κ2) is 4.32.